The first-order chi connectivity index (χ1) is 15.0. The molecule has 1 aromatic heterocycles. The molecule has 1 aliphatic heterocycles. The summed E-state index contributed by atoms with van der Waals surface area (Å²) in [5.74, 6) is 0.949. The highest BCUT2D eigenvalue weighted by molar-refractivity contribution is 6.00. The van der Waals surface area contributed by atoms with E-state index in [-0.39, 0.29) is 23.8 Å². The Kier molecular flexibility index (Phi) is 5.11. The number of nitrogens with zero attached hydrogens (tertiary/aromatic N) is 3. The number of piperidine rings is 1. The van der Waals surface area contributed by atoms with Gasteiger partial charge in [-0.15, -0.1) is 0 Å². The first-order valence-electron chi connectivity index (χ1n) is 11.7. The average molecular weight is 421 g/mol. The van der Waals surface area contributed by atoms with Gasteiger partial charge in [-0.05, 0) is 68.7 Å². The highest BCUT2D eigenvalue weighted by Gasteiger charge is 2.65. The third kappa shape index (κ3) is 3.66. The Bertz CT molecular complexity index is 974. The molecule has 2 unspecified atom stereocenters. The molecule has 0 spiro atoms. The van der Waals surface area contributed by atoms with Crippen LogP contribution in [0.25, 0.3) is 0 Å². The topological polar surface area (TPSA) is 67.2 Å². The first-order valence-corrected chi connectivity index (χ1v) is 11.7. The molecule has 1 aromatic carbocycles. The summed E-state index contributed by atoms with van der Waals surface area (Å²) in [6.45, 7) is 5.17. The minimum absolute atomic E-state index is 0.0255. The normalized spacial score (nSPS) is 25.5. The summed E-state index contributed by atoms with van der Waals surface area (Å²) in [6, 6.07) is 10.3. The van der Waals surface area contributed by atoms with Gasteiger partial charge in [0.1, 0.15) is 5.69 Å². The molecule has 6 nitrogen and oxygen atoms in total. The summed E-state index contributed by atoms with van der Waals surface area (Å²) in [5, 5.41) is 7.40. The van der Waals surface area contributed by atoms with Crippen molar-refractivity contribution in [2.45, 2.75) is 64.3 Å². The predicted molar refractivity (Wildman–Crippen MR) is 120 cm³/mol. The number of aromatic nitrogens is 2. The number of benzene rings is 1. The second-order valence-electron chi connectivity index (χ2n) is 9.91. The summed E-state index contributed by atoms with van der Waals surface area (Å²) in [7, 11) is 0. The van der Waals surface area contributed by atoms with E-state index in [1.54, 1.807) is 16.9 Å². The molecule has 2 aliphatic carbocycles. The number of anilines is 1. The number of fused-ring (bicyclic) bond motifs is 1. The van der Waals surface area contributed by atoms with Crippen LogP contribution in [0, 0.1) is 11.3 Å². The van der Waals surface area contributed by atoms with Crippen LogP contribution in [0.3, 0.4) is 0 Å². The molecule has 2 aromatic rings. The second-order valence-corrected chi connectivity index (χ2v) is 9.91. The lowest BCUT2D eigenvalue weighted by Gasteiger charge is -2.23. The van der Waals surface area contributed by atoms with Gasteiger partial charge in [0.15, 0.2) is 0 Å². The average Bonchev–Trinajstić information content (AvgIpc) is 3.14. The maximum Gasteiger partial charge on any atom is 0.272 e. The Morgan fingerprint density at radius 1 is 1.10 bits per heavy atom. The second kappa shape index (κ2) is 7.81. The zero-order chi connectivity index (χ0) is 21.6. The molecular formula is C25H32N4O2. The molecule has 2 atom stereocenters. The summed E-state index contributed by atoms with van der Waals surface area (Å²) >= 11 is 0. The van der Waals surface area contributed by atoms with Crippen LogP contribution in [-0.2, 0) is 4.79 Å². The Morgan fingerprint density at radius 3 is 2.55 bits per heavy atom. The number of carbonyl (C=O) groups excluding carboxylic acids is 2. The number of amides is 2. The molecule has 2 heterocycles. The van der Waals surface area contributed by atoms with Gasteiger partial charge in [-0.25, -0.2) is 0 Å². The van der Waals surface area contributed by atoms with Gasteiger partial charge in [0.05, 0.1) is 5.41 Å². The van der Waals surface area contributed by atoms with Gasteiger partial charge in [0.2, 0.25) is 5.91 Å². The van der Waals surface area contributed by atoms with Crippen LogP contribution in [0.4, 0.5) is 5.69 Å². The van der Waals surface area contributed by atoms with E-state index < -0.39 is 5.41 Å². The molecule has 1 saturated heterocycles. The molecular weight excluding hydrogens is 388 g/mol. The van der Waals surface area contributed by atoms with Crippen LogP contribution >= 0.6 is 0 Å². The Morgan fingerprint density at radius 2 is 1.84 bits per heavy atom. The van der Waals surface area contributed by atoms with Crippen molar-refractivity contribution in [1.82, 2.24) is 14.7 Å². The van der Waals surface area contributed by atoms with Gasteiger partial charge in [0, 0.05) is 31.0 Å². The third-order valence-electron chi connectivity index (χ3n) is 7.51. The quantitative estimate of drug-likeness (QED) is 0.768. The summed E-state index contributed by atoms with van der Waals surface area (Å²) in [5.41, 5.74) is 2.41. The lowest BCUT2D eigenvalue weighted by molar-refractivity contribution is -0.121. The van der Waals surface area contributed by atoms with Crippen molar-refractivity contribution in [3.8, 4) is 0 Å². The van der Waals surface area contributed by atoms with Crippen molar-refractivity contribution >= 4 is 17.5 Å². The smallest absolute Gasteiger partial charge is 0.272 e. The van der Waals surface area contributed by atoms with Crippen molar-refractivity contribution in [2.24, 2.45) is 11.3 Å². The molecule has 1 N–H and O–H groups in total. The van der Waals surface area contributed by atoms with Crippen molar-refractivity contribution in [3.63, 3.8) is 0 Å². The monoisotopic (exact) mass is 420 g/mol. The van der Waals surface area contributed by atoms with E-state index in [1.807, 2.05) is 30.9 Å². The molecule has 3 aliphatic rings. The fourth-order valence-corrected chi connectivity index (χ4v) is 5.58. The number of nitrogens with one attached hydrogen (secondary N) is 1. The van der Waals surface area contributed by atoms with E-state index >= 15 is 0 Å². The van der Waals surface area contributed by atoms with Crippen LogP contribution in [0.15, 0.2) is 36.5 Å². The lowest BCUT2D eigenvalue weighted by Crippen LogP contribution is -2.36. The maximum absolute atomic E-state index is 13.1. The minimum atomic E-state index is -0.430. The molecule has 5 rings (SSSR count). The van der Waals surface area contributed by atoms with E-state index in [0.717, 1.165) is 12.1 Å². The molecule has 0 bridgehead atoms. The van der Waals surface area contributed by atoms with Crippen LogP contribution in [0.2, 0.25) is 0 Å². The molecule has 2 amide bonds. The van der Waals surface area contributed by atoms with Gasteiger partial charge in [-0.2, -0.15) is 5.10 Å². The molecule has 31 heavy (non-hydrogen) atoms. The van der Waals surface area contributed by atoms with E-state index in [2.05, 4.69) is 22.5 Å². The Hall–Kier alpha value is -2.63. The summed E-state index contributed by atoms with van der Waals surface area (Å²) in [6.07, 6.45) is 9.08. The van der Waals surface area contributed by atoms with Crippen molar-refractivity contribution < 1.29 is 9.59 Å². The molecule has 2 saturated carbocycles. The molecule has 3 fully saturated rings. The number of hydrogen-bond donors (Lipinski definition) is 1. The van der Waals surface area contributed by atoms with Gasteiger partial charge in [-0.3, -0.25) is 14.3 Å². The largest absolute Gasteiger partial charge is 0.336 e. The van der Waals surface area contributed by atoms with Gasteiger partial charge in [-0.1, -0.05) is 31.4 Å². The number of hydrogen-bond acceptors (Lipinski definition) is 3. The number of rotatable bonds is 5. The van der Waals surface area contributed by atoms with E-state index in [0.29, 0.717) is 24.7 Å². The minimum Gasteiger partial charge on any atom is -0.336 e. The number of likely N-dealkylation sites (tertiary alicyclic amines) is 1. The number of carbonyl (C=O) groups is 2. The highest BCUT2D eigenvalue weighted by atomic mass is 16.2. The van der Waals surface area contributed by atoms with E-state index in [1.165, 1.54) is 37.7 Å². The molecule has 0 radical (unpaired) electrons. The summed E-state index contributed by atoms with van der Waals surface area (Å²) in [4.78, 5) is 28.0. The zero-order valence-corrected chi connectivity index (χ0v) is 18.5. The fraction of sp³-hybridized carbons (Fsp3) is 0.560. The summed E-state index contributed by atoms with van der Waals surface area (Å²) < 4.78 is 1.76. The van der Waals surface area contributed by atoms with E-state index in [4.69, 9.17) is 0 Å². The van der Waals surface area contributed by atoms with Crippen LogP contribution in [0.5, 0.6) is 0 Å². The first kappa shape index (κ1) is 20.3. The van der Waals surface area contributed by atoms with Gasteiger partial charge in [0.25, 0.3) is 5.91 Å². The van der Waals surface area contributed by atoms with Crippen LogP contribution in [0.1, 0.15) is 80.4 Å². The highest BCUT2D eigenvalue weighted by Crippen LogP contribution is 2.58. The van der Waals surface area contributed by atoms with Crippen molar-refractivity contribution in [1.29, 1.82) is 0 Å². The molecule has 6 heteroatoms. The zero-order valence-electron chi connectivity index (χ0n) is 18.5. The Labute approximate surface area is 184 Å². The van der Waals surface area contributed by atoms with Crippen molar-refractivity contribution in [2.75, 3.05) is 18.4 Å². The lowest BCUT2D eigenvalue weighted by atomic mass is 9.84. The van der Waals surface area contributed by atoms with Crippen molar-refractivity contribution in [3.05, 3.63) is 47.8 Å². The van der Waals surface area contributed by atoms with Gasteiger partial charge < -0.3 is 10.2 Å². The predicted octanol–water partition coefficient (Wildman–Crippen LogP) is 4.61. The van der Waals surface area contributed by atoms with E-state index in [9.17, 15) is 9.59 Å². The van der Waals surface area contributed by atoms with Crippen LogP contribution < -0.4 is 5.32 Å². The fourth-order valence-electron chi connectivity index (χ4n) is 5.58. The molecule has 164 valence electrons. The SMILES string of the molecule is CC(C)n1nccc1C(=O)N1CC2CC2(C(=O)Nc2ccc(C3CCCCC3)cc2)C1. The maximum atomic E-state index is 13.1. The van der Waals surface area contributed by atoms with Gasteiger partial charge >= 0.3 is 0 Å². The van der Waals surface area contributed by atoms with Crippen LogP contribution in [-0.4, -0.2) is 39.6 Å². The third-order valence-corrected chi connectivity index (χ3v) is 7.51. The Balaban J connectivity index is 1.23. The standard InChI is InChI=1S/C25H32N4O2/c1-17(2)29-22(12-13-26-29)23(30)28-15-20-14-25(20,16-28)24(31)27-21-10-8-19(9-11-21)18-6-4-3-5-7-18/h8-13,17-18,20H,3-7,14-16H2,1-2H3,(H,27,31).